The van der Waals surface area contributed by atoms with Crippen LogP contribution in [0.1, 0.15) is 25.3 Å². The van der Waals surface area contributed by atoms with Crippen LogP contribution in [-0.4, -0.2) is 42.6 Å². The number of benzene rings is 1. The minimum atomic E-state index is -1.02. The van der Waals surface area contributed by atoms with Crippen LogP contribution in [0.5, 0.6) is 11.5 Å². The van der Waals surface area contributed by atoms with Crippen molar-refractivity contribution in [2.75, 3.05) is 20.8 Å². The fourth-order valence-electron chi connectivity index (χ4n) is 2.64. The van der Waals surface area contributed by atoms with Crippen LogP contribution in [0.25, 0.3) is 0 Å². The van der Waals surface area contributed by atoms with Gasteiger partial charge in [-0.1, -0.05) is 6.92 Å². The van der Waals surface area contributed by atoms with Gasteiger partial charge in [0.05, 0.1) is 14.2 Å². The molecule has 1 atom stereocenters. The summed E-state index contributed by atoms with van der Waals surface area (Å²) in [4.78, 5) is 25.1. The molecule has 23 heavy (non-hydrogen) atoms. The zero-order chi connectivity index (χ0) is 17.0. The highest BCUT2D eigenvalue weighted by Gasteiger charge is 2.35. The topological polar surface area (TPSA) is 76.1 Å². The molecule has 1 aromatic carbocycles. The highest BCUT2D eigenvalue weighted by Crippen LogP contribution is 2.37. The Hall–Kier alpha value is -2.24. The molecule has 2 rings (SSSR count). The molecule has 0 spiro atoms. The van der Waals surface area contributed by atoms with E-state index in [0.29, 0.717) is 17.4 Å². The van der Waals surface area contributed by atoms with E-state index in [1.165, 1.54) is 4.90 Å². The molecule has 6 heteroatoms. The molecule has 1 saturated carbocycles. The third kappa shape index (κ3) is 4.61. The standard InChI is InChI=1S/C17H23NO5/c1-11(13-4-5-13)17(21)18(10-16(19)20)9-12-6-14(22-2)8-15(7-12)23-3/h6-8,11,13H,4-5,9-10H2,1-3H3,(H,19,20). The lowest BCUT2D eigenvalue weighted by Crippen LogP contribution is -2.39. The van der Waals surface area contributed by atoms with Crippen LogP contribution in [-0.2, 0) is 16.1 Å². The van der Waals surface area contributed by atoms with Gasteiger partial charge in [0, 0.05) is 18.5 Å². The smallest absolute Gasteiger partial charge is 0.323 e. The van der Waals surface area contributed by atoms with Crippen molar-refractivity contribution in [3.63, 3.8) is 0 Å². The summed E-state index contributed by atoms with van der Waals surface area (Å²) in [6, 6.07) is 5.30. The first kappa shape index (κ1) is 17.1. The highest BCUT2D eigenvalue weighted by atomic mass is 16.5. The summed E-state index contributed by atoms with van der Waals surface area (Å²) in [5.74, 6) is 0.336. The summed E-state index contributed by atoms with van der Waals surface area (Å²) in [5, 5.41) is 9.11. The average molecular weight is 321 g/mol. The molecule has 0 radical (unpaired) electrons. The maximum atomic E-state index is 12.6. The van der Waals surface area contributed by atoms with Crippen molar-refractivity contribution in [2.45, 2.75) is 26.3 Å². The number of carbonyl (C=O) groups is 2. The number of nitrogens with zero attached hydrogens (tertiary/aromatic N) is 1. The Morgan fingerprint density at radius 3 is 2.22 bits per heavy atom. The molecule has 1 aliphatic rings. The SMILES string of the molecule is COc1cc(CN(CC(=O)O)C(=O)C(C)C2CC2)cc(OC)c1. The Bertz CT molecular complexity index is 560. The summed E-state index contributed by atoms with van der Waals surface area (Å²) in [6.07, 6.45) is 2.08. The van der Waals surface area contributed by atoms with Crippen LogP contribution in [0.4, 0.5) is 0 Å². The van der Waals surface area contributed by atoms with Crippen molar-refractivity contribution >= 4 is 11.9 Å². The molecule has 1 amide bonds. The predicted octanol–water partition coefficient (Wildman–Crippen LogP) is 2.16. The van der Waals surface area contributed by atoms with Gasteiger partial charge in [-0.2, -0.15) is 0 Å². The lowest BCUT2D eigenvalue weighted by atomic mass is 10.0. The lowest BCUT2D eigenvalue weighted by Gasteiger charge is -2.24. The van der Waals surface area contributed by atoms with Crippen molar-refractivity contribution in [1.82, 2.24) is 4.90 Å². The molecule has 0 aromatic heterocycles. The number of carboxylic acids is 1. The van der Waals surface area contributed by atoms with E-state index in [0.717, 1.165) is 18.4 Å². The zero-order valence-electron chi connectivity index (χ0n) is 13.7. The monoisotopic (exact) mass is 321 g/mol. The number of rotatable bonds is 8. The first-order valence-electron chi connectivity index (χ1n) is 7.67. The van der Waals surface area contributed by atoms with E-state index in [2.05, 4.69) is 0 Å². The Morgan fingerprint density at radius 2 is 1.78 bits per heavy atom. The Balaban J connectivity index is 2.19. The molecule has 1 N–H and O–H groups in total. The predicted molar refractivity (Wildman–Crippen MR) is 84.5 cm³/mol. The highest BCUT2D eigenvalue weighted by molar-refractivity contribution is 5.83. The molecule has 0 aliphatic heterocycles. The number of methoxy groups -OCH3 is 2. The molecular formula is C17H23NO5. The molecule has 1 aliphatic carbocycles. The number of amides is 1. The molecular weight excluding hydrogens is 298 g/mol. The quantitative estimate of drug-likeness (QED) is 0.794. The van der Waals surface area contributed by atoms with Gasteiger partial charge in [0.2, 0.25) is 5.91 Å². The van der Waals surface area contributed by atoms with Gasteiger partial charge >= 0.3 is 5.97 Å². The minimum absolute atomic E-state index is 0.114. The number of hydrogen-bond donors (Lipinski definition) is 1. The van der Waals surface area contributed by atoms with Gasteiger partial charge < -0.3 is 19.5 Å². The number of ether oxygens (including phenoxy) is 2. The van der Waals surface area contributed by atoms with Gasteiger partial charge in [-0.25, -0.2) is 0 Å². The van der Waals surface area contributed by atoms with Crippen molar-refractivity contribution in [1.29, 1.82) is 0 Å². The van der Waals surface area contributed by atoms with Crippen LogP contribution in [0.2, 0.25) is 0 Å². The number of carboxylic acid groups (broad SMARTS) is 1. The first-order chi connectivity index (χ1) is 10.9. The largest absolute Gasteiger partial charge is 0.497 e. The van der Waals surface area contributed by atoms with E-state index < -0.39 is 5.97 Å². The maximum Gasteiger partial charge on any atom is 0.323 e. The summed E-state index contributed by atoms with van der Waals surface area (Å²) >= 11 is 0. The van der Waals surface area contributed by atoms with Crippen LogP contribution in [0.3, 0.4) is 0 Å². The molecule has 0 saturated heterocycles. The molecule has 1 unspecified atom stereocenters. The van der Waals surface area contributed by atoms with Gasteiger partial charge in [0.15, 0.2) is 0 Å². The van der Waals surface area contributed by atoms with E-state index in [1.807, 2.05) is 6.92 Å². The van der Waals surface area contributed by atoms with Gasteiger partial charge in [0.1, 0.15) is 18.0 Å². The number of carbonyl (C=O) groups excluding carboxylic acids is 1. The van der Waals surface area contributed by atoms with Gasteiger partial charge in [-0.05, 0) is 36.5 Å². The van der Waals surface area contributed by atoms with Crippen molar-refractivity contribution in [3.05, 3.63) is 23.8 Å². The molecule has 1 aromatic rings. The van der Waals surface area contributed by atoms with Crippen LogP contribution < -0.4 is 9.47 Å². The molecule has 0 heterocycles. The van der Waals surface area contributed by atoms with E-state index in [9.17, 15) is 9.59 Å². The van der Waals surface area contributed by atoms with E-state index in [1.54, 1.807) is 32.4 Å². The van der Waals surface area contributed by atoms with Gasteiger partial charge in [-0.3, -0.25) is 9.59 Å². The second-order valence-corrected chi connectivity index (χ2v) is 5.94. The summed E-state index contributed by atoms with van der Waals surface area (Å²) < 4.78 is 10.4. The Kier molecular flexibility index (Phi) is 5.47. The molecule has 126 valence electrons. The van der Waals surface area contributed by atoms with Crippen molar-refractivity contribution < 1.29 is 24.2 Å². The summed E-state index contributed by atoms with van der Waals surface area (Å²) in [6.45, 7) is 1.78. The number of aliphatic carboxylic acids is 1. The molecule has 6 nitrogen and oxygen atoms in total. The molecule has 1 fully saturated rings. The van der Waals surface area contributed by atoms with Crippen LogP contribution in [0.15, 0.2) is 18.2 Å². The Morgan fingerprint density at radius 1 is 1.22 bits per heavy atom. The number of hydrogen-bond acceptors (Lipinski definition) is 4. The fraction of sp³-hybridized carbons (Fsp3) is 0.529. The summed E-state index contributed by atoms with van der Waals surface area (Å²) in [5.41, 5.74) is 0.777. The van der Waals surface area contributed by atoms with Gasteiger partial charge in [0.25, 0.3) is 0 Å². The van der Waals surface area contributed by atoms with Crippen LogP contribution >= 0.6 is 0 Å². The minimum Gasteiger partial charge on any atom is -0.497 e. The first-order valence-corrected chi connectivity index (χ1v) is 7.67. The third-order valence-electron chi connectivity index (χ3n) is 4.14. The Labute approximate surface area is 136 Å². The average Bonchev–Trinajstić information content (AvgIpc) is 3.36. The van der Waals surface area contributed by atoms with E-state index >= 15 is 0 Å². The lowest BCUT2D eigenvalue weighted by molar-refractivity contribution is -0.146. The van der Waals surface area contributed by atoms with E-state index in [-0.39, 0.29) is 24.9 Å². The maximum absolute atomic E-state index is 12.6. The van der Waals surface area contributed by atoms with E-state index in [4.69, 9.17) is 14.6 Å². The van der Waals surface area contributed by atoms with Gasteiger partial charge in [-0.15, -0.1) is 0 Å². The van der Waals surface area contributed by atoms with Crippen LogP contribution in [0, 0.1) is 11.8 Å². The van der Waals surface area contributed by atoms with Crippen molar-refractivity contribution in [3.8, 4) is 11.5 Å². The second kappa shape index (κ2) is 7.35. The summed E-state index contributed by atoms with van der Waals surface area (Å²) in [7, 11) is 3.10. The third-order valence-corrected chi connectivity index (χ3v) is 4.14. The zero-order valence-corrected chi connectivity index (χ0v) is 13.7. The normalized spacial score (nSPS) is 14.9. The second-order valence-electron chi connectivity index (χ2n) is 5.94. The van der Waals surface area contributed by atoms with Crippen molar-refractivity contribution in [2.24, 2.45) is 11.8 Å². The fourth-order valence-corrected chi connectivity index (χ4v) is 2.64. The molecule has 0 bridgehead atoms.